The van der Waals surface area contributed by atoms with Gasteiger partial charge < -0.3 is 19.5 Å². The molecule has 0 unspecified atom stereocenters. The zero-order valence-corrected chi connectivity index (χ0v) is 18.1. The number of cyclic esters (lactones) is 1. The highest BCUT2D eigenvalue weighted by Crippen LogP contribution is 2.41. The third kappa shape index (κ3) is 3.34. The van der Waals surface area contributed by atoms with E-state index in [0.29, 0.717) is 12.2 Å². The Morgan fingerprint density at radius 3 is 2.69 bits per heavy atom. The number of ether oxygens (including phenoxy) is 1. The first-order chi connectivity index (χ1) is 15.4. The highest BCUT2D eigenvalue weighted by molar-refractivity contribution is 6.06. The van der Waals surface area contributed by atoms with Gasteiger partial charge in [-0.05, 0) is 56.0 Å². The summed E-state index contributed by atoms with van der Waals surface area (Å²) in [7, 11) is 3.46. The first-order valence-corrected chi connectivity index (χ1v) is 10.7. The van der Waals surface area contributed by atoms with Gasteiger partial charge in [-0.2, -0.15) is 5.10 Å². The van der Waals surface area contributed by atoms with Crippen LogP contribution in [-0.4, -0.2) is 50.4 Å². The van der Waals surface area contributed by atoms with E-state index in [9.17, 15) is 14.4 Å². The van der Waals surface area contributed by atoms with Gasteiger partial charge in [0.15, 0.2) is 0 Å². The quantitative estimate of drug-likeness (QED) is 0.682. The van der Waals surface area contributed by atoms with Gasteiger partial charge in [0.2, 0.25) is 0 Å². The predicted molar refractivity (Wildman–Crippen MR) is 119 cm³/mol. The fourth-order valence-electron chi connectivity index (χ4n) is 4.73. The summed E-state index contributed by atoms with van der Waals surface area (Å²) < 4.78 is 8.64. The second kappa shape index (κ2) is 7.51. The average molecular weight is 435 g/mol. The normalized spacial score (nSPS) is 23.0. The van der Waals surface area contributed by atoms with Gasteiger partial charge in [0.1, 0.15) is 12.3 Å². The topological polar surface area (TPSA) is 98.5 Å². The Bertz CT molecular complexity index is 1270. The Kier molecular flexibility index (Phi) is 4.76. The van der Waals surface area contributed by atoms with Crippen molar-refractivity contribution in [3.63, 3.8) is 0 Å². The third-order valence-corrected chi connectivity index (χ3v) is 6.87. The molecule has 3 aromatic rings. The molecule has 1 N–H and O–H groups in total. The molecule has 1 aliphatic heterocycles. The monoisotopic (exact) mass is 435 g/mol. The number of aromatic nitrogens is 3. The van der Waals surface area contributed by atoms with Crippen LogP contribution in [-0.2, 0) is 11.8 Å². The molecule has 1 saturated carbocycles. The molecule has 0 radical (unpaired) electrons. The van der Waals surface area contributed by atoms with Crippen molar-refractivity contribution in [3.8, 4) is 0 Å². The van der Waals surface area contributed by atoms with Crippen LogP contribution in [0.1, 0.15) is 42.1 Å². The number of hydrogen-bond donors (Lipinski definition) is 1. The summed E-state index contributed by atoms with van der Waals surface area (Å²) in [5, 5.41) is 8.28. The second-order valence-corrected chi connectivity index (χ2v) is 8.74. The molecule has 3 heterocycles. The molecule has 5 rings (SSSR count). The first kappa shape index (κ1) is 20.3. The Labute approximate surface area is 184 Å². The first-order valence-electron chi connectivity index (χ1n) is 10.7. The number of amides is 2. The summed E-state index contributed by atoms with van der Waals surface area (Å²) in [6.45, 7) is 0.457. The van der Waals surface area contributed by atoms with Crippen LogP contribution in [0.15, 0.2) is 47.5 Å². The summed E-state index contributed by atoms with van der Waals surface area (Å²) in [5.41, 5.74) is 1.07. The van der Waals surface area contributed by atoms with Crippen LogP contribution in [0.2, 0.25) is 0 Å². The number of anilines is 1. The molecule has 1 saturated heterocycles. The van der Waals surface area contributed by atoms with Crippen molar-refractivity contribution in [2.75, 3.05) is 19.0 Å². The van der Waals surface area contributed by atoms with E-state index in [-0.39, 0.29) is 34.8 Å². The van der Waals surface area contributed by atoms with Gasteiger partial charge in [-0.25, -0.2) is 4.79 Å². The van der Waals surface area contributed by atoms with Crippen LogP contribution in [0, 0.1) is 0 Å². The van der Waals surface area contributed by atoms with Crippen LogP contribution < -0.4 is 10.9 Å². The summed E-state index contributed by atoms with van der Waals surface area (Å²) in [5.74, 6) is -0.337. The lowest BCUT2D eigenvalue weighted by Crippen LogP contribution is -2.47. The lowest BCUT2D eigenvalue weighted by atomic mass is 9.79. The molecule has 0 atom stereocenters. The number of carbonyl (C=O) groups is 2. The molecule has 32 heavy (non-hydrogen) atoms. The Hall–Kier alpha value is -3.62. The third-order valence-electron chi connectivity index (χ3n) is 6.87. The molecule has 1 aromatic carbocycles. The van der Waals surface area contributed by atoms with E-state index in [1.165, 1.54) is 4.57 Å². The van der Waals surface area contributed by atoms with E-state index >= 15 is 0 Å². The van der Waals surface area contributed by atoms with Crippen molar-refractivity contribution in [2.24, 2.45) is 7.05 Å². The average Bonchev–Trinajstić information content (AvgIpc) is 3.34. The SMILES string of the molecule is Cn1cccc(NC(=O)c2ccc3nn([C@H]4CC[C@@]5(CC4)COC(=O)N5C)cc3c2)c1=O. The van der Waals surface area contributed by atoms with Crippen LogP contribution in [0.3, 0.4) is 0 Å². The number of nitrogens with zero attached hydrogens (tertiary/aromatic N) is 4. The molecular weight excluding hydrogens is 410 g/mol. The van der Waals surface area contributed by atoms with Crippen LogP contribution >= 0.6 is 0 Å². The van der Waals surface area contributed by atoms with Crippen molar-refractivity contribution >= 4 is 28.6 Å². The number of likely N-dealkylation sites (N-methyl/N-ethyl adjacent to an activating group) is 1. The van der Waals surface area contributed by atoms with Gasteiger partial charge >= 0.3 is 6.09 Å². The number of pyridine rings is 1. The summed E-state index contributed by atoms with van der Waals surface area (Å²) in [6, 6.07) is 8.88. The van der Waals surface area contributed by atoms with Crippen molar-refractivity contribution in [3.05, 3.63) is 58.6 Å². The number of benzene rings is 1. The smallest absolute Gasteiger partial charge is 0.410 e. The van der Waals surface area contributed by atoms with Crippen molar-refractivity contribution < 1.29 is 14.3 Å². The van der Waals surface area contributed by atoms with Gasteiger partial charge in [0.05, 0.1) is 17.1 Å². The summed E-state index contributed by atoms with van der Waals surface area (Å²) in [6.07, 6.45) is 6.91. The lowest BCUT2D eigenvalue weighted by Gasteiger charge is -2.39. The molecule has 9 heteroatoms. The Balaban J connectivity index is 1.32. The van der Waals surface area contributed by atoms with Crippen molar-refractivity contribution in [1.29, 1.82) is 0 Å². The molecule has 1 aliphatic carbocycles. The molecule has 2 fully saturated rings. The highest BCUT2D eigenvalue weighted by atomic mass is 16.6. The van der Waals surface area contributed by atoms with E-state index in [4.69, 9.17) is 9.84 Å². The molecular formula is C23H25N5O4. The molecule has 2 aliphatic rings. The Morgan fingerprint density at radius 2 is 1.97 bits per heavy atom. The van der Waals surface area contributed by atoms with E-state index in [1.54, 1.807) is 42.4 Å². The lowest BCUT2D eigenvalue weighted by molar-refractivity contribution is 0.102. The number of carbonyl (C=O) groups excluding carboxylic acids is 2. The fraction of sp³-hybridized carbons (Fsp3) is 0.391. The largest absolute Gasteiger partial charge is 0.447 e. The van der Waals surface area contributed by atoms with Crippen LogP contribution in [0.4, 0.5) is 10.5 Å². The minimum Gasteiger partial charge on any atom is -0.447 e. The maximum atomic E-state index is 12.7. The summed E-state index contributed by atoms with van der Waals surface area (Å²) in [4.78, 5) is 38.4. The Morgan fingerprint density at radius 1 is 1.19 bits per heavy atom. The standard InChI is InChI=1S/C23H25N5O4/c1-26-11-3-4-19(21(26)30)24-20(29)15-5-6-18-16(12-15)13-28(25-18)17-7-9-23(10-8-17)14-32-22(31)27(23)2/h3-6,11-13,17H,7-10,14H2,1-2H3,(H,24,29)/t17-,23+. The second-order valence-electron chi connectivity index (χ2n) is 8.74. The zero-order valence-electron chi connectivity index (χ0n) is 18.1. The van der Waals surface area contributed by atoms with Gasteiger partial charge in [0.25, 0.3) is 11.5 Å². The summed E-state index contributed by atoms with van der Waals surface area (Å²) >= 11 is 0. The van der Waals surface area contributed by atoms with Gasteiger partial charge in [0, 0.05) is 37.4 Å². The zero-order chi connectivity index (χ0) is 22.5. The van der Waals surface area contributed by atoms with E-state index in [2.05, 4.69) is 5.32 Å². The van der Waals surface area contributed by atoms with Gasteiger partial charge in [-0.3, -0.25) is 14.3 Å². The minimum atomic E-state index is -0.337. The van der Waals surface area contributed by atoms with Crippen molar-refractivity contribution in [1.82, 2.24) is 19.2 Å². The molecule has 9 nitrogen and oxygen atoms in total. The van der Waals surface area contributed by atoms with E-state index < -0.39 is 0 Å². The maximum Gasteiger partial charge on any atom is 0.410 e. The number of fused-ring (bicyclic) bond motifs is 1. The van der Waals surface area contributed by atoms with Crippen molar-refractivity contribution in [2.45, 2.75) is 37.3 Å². The molecule has 0 bridgehead atoms. The highest BCUT2D eigenvalue weighted by Gasteiger charge is 2.47. The molecule has 2 amide bonds. The molecule has 2 aromatic heterocycles. The fourth-order valence-corrected chi connectivity index (χ4v) is 4.73. The molecule has 1 spiro atoms. The maximum absolute atomic E-state index is 12.7. The number of hydrogen-bond acceptors (Lipinski definition) is 5. The number of aryl methyl sites for hydroxylation is 1. The van der Waals surface area contributed by atoms with E-state index in [1.807, 2.05) is 24.0 Å². The van der Waals surface area contributed by atoms with Gasteiger partial charge in [-0.1, -0.05) is 0 Å². The minimum absolute atomic E-state index is 0.195. The van der Waals surface area contributed by atoms with Crippen LogP contribution in [0.25, 0.3) is 10.9 Å². The van der Waals surface area contributed by atoms with Gasteiger partial charge in [-0.15, -0.1) is 0 Å². The van der Waals surface area contributed by atoms with Crippen LogP contribution in [0.5, 0.6) is 0 Å². The number of nitrogens with one attached hydrogen (secondary N) is 1. The predicted octanol–water partition coefficient (Wildman–Crippen LogP) is 2.92. The number of rotatable bonds is 3. The van der Waals surface area contributed by atoms with E-state index in [0.717, 1.165) is 36.6 Å². The molecule has 166 valence electrons.